The van der Waals surface area contributed by atoms with Gasteiger partial charge in [0.1, 0.15) is 6.04 Å². The molecule has 0 saturated heterocycles. The van der Waals surface area contributed by atoms with Crippen LogP contribution in [0, 0.1) is 0 Å². The molecule has 0 saturated carbocycles. The molecule has 16 heavy (non-hydrogen) atoms. The highest BCUT2D eigenvalue weighted by Gasteiger charge is 2.28. The quantitative estimate of drug-likeness (QED) is 0.621. The second kappa shape index (κ2) is 4.39. The first-order valence-electron chi connectivity index (χ1n) is 5.32. The third kappa shape index (κ3) is 1.81. The maximum Gasteiger partial charge on any atom is 0.328 e. The number of fused-ring (bicyclic) bond motifs is 1. The van der Waals surface area contributed by atoms with Gasteiger partial charge in [0, 0.05) is 12.1 Å². The standard InChI is InChI=1S/C13H15NO2/c1-3-5-9-6-4-7-10-8-11(13(15)16-2)14-12(9)10/h3-4,6-7,11,14H,1,5,8H2,2H3. The highest BCUT2D eigenvalue weighted by atomic mass is 16.5. The molecule has 1 N–H and O–H groups in total. The van der Waals surface area contributed by atoms with E-state index in [1.54, 1.807) is 0 Å². The Morgan fingerprint density at radius 1 is 1.69 bits per heavy atom. The second-order valence-electron chi connectivity index (χ2n) is 3.87. The van der Waals surface area contributed by atoms with Crippen molar-refractivity contribution in [2.75, 3.05) is 12.4 Å². The monoisotopic (exact) mass is 217 g/mol. The lowest BCUT2D eigenvalue weighted by molar-refractivity contribution is -0.141. The van der Waals surface area contributed by atoms with Crippen molar-refractivity contribution in [3.63, 3.8) is 0 Å². The van der Waals surface area contributed by atoms with E-state index in [4.69, 9.17) is 4.74 Å². The van der Waals surface area contributed by atoms with Crippen LogP contribution in [0.4, 0.5) is 5.69 Å². The number of allylic oxidation sites excluding steroid dienone is 1. The average molecular weight is 217 g/mol. The van der Waals surface area contributed by atoms with Gasteiger partial charge in [-0.2, -0.15) is 0 Å². The number of methoxy groups -OCH3 is 1. The van der Waals surface area contributed by atoms with E-state index in [2.05, 4.69) is 11.9 Å². The van der Waals surface area contributed by atoms with Crippen molar-refractivity contribution in [3.05, 3.63) is 42.0 Å². The molecule has 1 aromatic carbocycles. The van der Waals surface area contributed by atoms with Crippen LogP contribution >= 0.6 is 0 Å². The van der Waals surface area contributed by atoms with Crippen LogP contribution in [0.5, 0.6) is 0 Å². The molecule has 0 bridgehead atoms. The third-order valence-corrected chi connectivity index (χ3v) is 2.83. The van der Waals surface area contributed by atoms with Crippen molar-refractivity contribution in [3.8, 4) is 0 Å². The van der Waals surface area contributed by atoms with Crippen molar-refractivity contribution in [1.29, 1.82) is 0 Å². The topological polar surface area (TPSA) is 38.3 Å². The van der Waals surface area contributed by atoms with Crippen LogP contribution in [0.3, 0.4) is 0 Å². The number of para-hydroxylation sites is 1. The predicted octanol–water partition coefficient (Wildman–Crippen LogP) is 1.92. The molecule has 1 heterocycles. The van der Waals surface area contributed by atoms with Gasteiger partial charge in [-0.15, -0.1) is 6.58 Å². The summed E-state index contributed by atoms with van der Waals surface area (Å²) < 4.78 is 4.74. The molecule has 0 aliphatic carbocycles. The summed E-state index contributed by atoms with van der Waals surface area (Å²) in [5, 5.41) is 3.22. The van der Waals surface area contributed by atoms with E-state index in [0.717, 1.165) is 12.1 Å². The Hall–Kier alpha value is -1.77. The summed E-state index contributed by atoms with van der Waals surface area (Å²) >= 11 is 0. The van der Waals surface area contributed by atoms with Gasteiger partial charge in [0.05, 0.1) is 7.11 Å². The maximum absolute atomic E-state index is 11.4. The minimum absolute atomic E-state index is 0.208. The van der Waals surface area contributed by atoms with Crippen molar-refractivity contribution in [1.82, 2.24) is 0 Å². The molecule has 1 atom stereocenters. The Kier molecular flexibility index (Phi) is 2.95. The summed E-state index contributed by atoms with van der Waals surface area (Å²) in [6, 6.07) is 5.86. The average Bonchev–Trinajstić information content (AvgIpc) is 2.73. The molecule has 0 aromatic heterocycles. The Bertz CT molecular complexity index is 426. The van der Waals surface area contributed by atoms with Gasteiger partial charge >= 0.3 is 5.97 Å². The number of ether oxygens (including phenoxy) is 1. The van der Waals surface area contributed by atoms with Crippen molar-refractivity contribution >= 4 is 11.7 Å². The number of anilines is 1. The smallest absolute Gasteiger partial charge is 0.328 e. The lowest BCUT2D eigenvalue weighted by Gasteiger charge is -2.09. The van der Waals surface area contributed by atoms with E-state index < -0.39 is 0 Å². The lowest BCUT2D eigenvalue weighted by atomic mass is 10.0. The molecule has 0 fully saturated rings. The van der Waals surface area contributed by atoms with Crippen LogP contribution in [0.1, 0.15) is 11.1 Å². The predicted molar refractivity (Wildman–Crippen MR) is 63.5 cm³/mol. The minimum atomic E-state index is -0.244. The largest absolute Gasteiger partial charge is 0.467 e. The fourth-order valence-electron chi connectivity index (χ4n) is 2.06. The summed E-state index contributed by atoms with van der Waals surface area (Å²) in [5.74, 6) is -0.208. The fraction of sp³-hybridized carbons (Fsp3) is 0.308. The molecule has 0 spiro atoms. The van der Waals surface area contributed by atoms with Gasteiger partial charge in [0.2, 0.25) is 0 Å². The van der Waals surface area contributed by atoms with Gasteiger partial charge in [-0.05, 0) is 17.5 Å². The SMILES string of the molecule is C=CCc1cccc2c1NC(C(=O)OC)C2. The first-order valence-corrected chi connectivity index (χ1v) is 5.32. The summed E-state index contributed by atoms with van der Waals surface area (Å²) in [6.45, 7) is 3.73. The molecule has 1 aromatic rings. The first-order chi connectivity index (χ1) is 7.76. The number of carbonyl (C=O) groups is 1. The molecule has 0 amide bonds. The van der Waals surface area contributed by atoms with E-state index in [-0.39, 0.29) is 12.0 Å². The van der Waals surface area contributed by atoms with E-state index >= 15 is 0 Å². The molecular formula is C13H15NO2. The zero-order chi connectivity index (χ0) is 11.5. The first kappa shape index (κ1) is 10.7. The molecule has 1 aliphatic heterocycles. The molecule has 84 valence electrons. The molecule has 1 unspecified atom stereocenters. The van der Waals surface area contributed by atoms with Gasteiger partial charge in [0.15, 0.2) is 0 Å². The fourth-order valence-corrected chi connectivity index (χ4v) is 2.06. The van der Waals surface area contributed by atoms with Gasteiger partial charge in [-0.1, -0.05) is 24.3 Å². The van der Waals surface area contributed by atoms with Crippen molar-refractivity contribution in [2.24, 2.45) is 0 Å². The Morgan fingerprint density at radius 3 is 3.19 bits per heavy atom. The van der Waals surface area contributed by atoms with E-state index in [9.17, 15) is 4.79 Å². The molecule has 1 aliphatic rings. The Balaban J connectivity index is 2.26. The lowest BCUT2D eigenvalue weighted by Crippen LogP contribution is -2.28. The maximum atomic E-state index is 11.4. The third-order valence-electron chi connectivity index (χ3n) is 2.83. The zero-order valence-corrected chi connectivity index (χ0v) is 9.32. The van der Waals surface area contributed by atoms with Crippen LogP contribution in [-0.2, 0) is 22.4 Å². The highest BCUT2D eigenvalue weighted by molar-refractivity contribution is 5.83. The normalized spacial score (nSPS) is 17.4. The van der Waals surface area contributed by atoms with Crippen LogP contribution in [-0.4, -0.2) is 19.1 Å². The summed E-state index contributed by atoms with van der Waals surface area (Å²) in [4.78, 5) is 11.4. The van der Waals surface area contributed by atoms with Crippen molar-refractivity contribution in [2.45, 2.75) is 18.9 Å². The van der Waals surface area contributed by atoms with Gasteiger partial charge in [-0.25, -0.2) is 4.79 Å². The zero-order valence-electron chi connectivity index (χ0n) is 9.32. The summed E-state index contributed by atoms with van der Waals surface area (Å²) in [7, 11) is 1.41. The molecule has 0 radical (unpaired) electrons. The van der Waals surface area contributed by atoms with Gasteiger partial charge in [0.25, 0.3) is 0 Å². The Labute approximate surface area is 95.1 Å². The van der Waals surface area contributed by atoms with Crippen molar-refractivity contribution < 1.29 is 9.53 Å². The number of rotatable bonds is 3. The van der Waals surface area contributed by atoms with Crippen LogP contribution in [0.2, 0.25) is 0 Å². The van der Waals surface area contributed by atoms with E-state index in [0.29, 0.717) is 6.42 Å². The number of esters is 1. The Morgan fingerprint density at radius 2 is 2.50 bits per heavy atom. The van der Waals surface area contributed by atoms with E-state index in [1.165, 1.54) is 18.2 Å². The van der Waals surface area contributed by atoms with Gasteiger partial charge < -0.3 is 10.1 Å². The number of benzene rings is 1. The second-order valence-corrected chi connectivity index (χ2v) is 3.87. The molecule has 3 heteroatoms. The number of hydrogen-bond donors (Lipinski definition) is 1. The molecule has 3 nitrogen and oxygen atoms in total. The van der Waals surface area contributed by atoms with Crippen LogP contribution < -0.4 is 5.32 Å². The minimum Gasteiger partial charge on any atom is -0.467 e. The molecule has 2 rings (SSSR count). The van der Waals surface area contributed by atoms with E-state index in [1.807, 2.05) is 24.3 Å². The van der Waals surface area contributed by atoms with Crippen LogP contribution in [0.25, 0.3) is 0 Å². The highest BCUT2D eigenvalue weighted by Crippen LogP contribution is 2.30. The number of carbonyl (C=O) groups excluding carboxylic acids is 1. The summed E-state index contributed by atoms with van der Waals surface area (Å²) in [6.07, 6.45) is 3.37. The number of hydrogen-bond acceptors (Lipinski definition) is 3. The van der Waals surface area contributed by atoms with Crippen LogP contribution in [0.15, 0.2) is 30.9 Å². The number of nitrogens with one attached hydrogen (secondary N) is 1. The van der Waals surface area contributed by atoms with Gasteiger partial charge in [-0.3, -0.25) is 0 Å². The molecular weight excluding hydrogens is 202 g/mol. The summed E-state index contributed by atoms with van der Waals surface area (Å²) in [5.41, 5.74) is 3.42.